The first-order valence-corrected chi connectivity index (χ1v) is 46.0. The summed E-state index contributed by atoms with van der Waals surface area (Å²) in [6.45, 7) is 0. The van der Waals surface area contributed by atoms with Crippen LogP contribution in [-0.4, -0.2) is 18.3 Å². The van der Waals surface area contributed by atoms with Gasteiger partial charge in [-0.15, -0.1) is 0 Å². The molecule has 22 aromatic carbocycles. The summed E-state index contributed by atoms with van der Waals surface area (Å²) in [5.74, 6) is 0. The van der Waals surface area contributed by atoms with Crippen molar-refractivity contribution >= 4 is 143 Å². The summed E-state index contributed by atoms with van der Waals surface area (Å²) < 4.78 is 9.53. The maximum atomic E-state index is 2.40. The fraction of sp³-hybridized carbons (Fsp3) is 0. The molecule has 26 rings (SSSR count). The predicted octanol–water partition coefficient (Wildman–Crippen LogP) is 35.0. The Morgan fingerprint density at radius 2 is 0.351 bits per heavy atom. The normalized spacial score (nSPS) is 11.6. The molecule has 0 fully saturated rings. The lowest BCUT2D eigenvalue weighted by Crippen LogP contribution is -2.10. The van der Waals surface area contributed by atoms with Crippen molar-refractivity contribution in [1.82, 2.24) is 18.3 Å². The molecule has 26 aromatic rings. The summed E-state index contributed by atoms with van der Waals surface area (Å²) in [6, 6.07) is 190. The van der Waals surface area contributed by atoms with E-state index in [9.17, 15) is 0 Å². The molecule has 0 saturated heterocycles. The van der Waals surface area contributed by atoms with Crippen molar-refractivity contribution in [3.05, 3.63) is 522 Å². The van der Waals surface area contributed by atoms with E-state index >= 15 is 0 Å². The second kappa shape index (κ2) is 33.3. The molecule has 4 aromatic heterocycles. The Balaban J connectivity index is 0.000000143. The van der Waals surface area contributed by atoms with E-state index in [0.29, 0.717) is 0 Å². The number of para-hydroxylation sites is 8. The third-order valence-corrected chi connectivity index (χ3v) is 27.0. The number of rotatable bonds is 16. The van der Waals surface area contributed by atoms with Crippen LogP contribution < -0.4 is 9.80 Å². The van der Waals surface area contributed by atoms with Gasteiger partial charge in [0, 0.05) is 100.0 Å². The molecule has 0 amide bonds. The van der Waals surface area contributed by atoms with Crippen LogP contribution in [0.2, 0.25) is 0 Å². The minimum absolute atomic E-state index is 1.09. The van der Waals surface area contributed by atoms with Crippen LogP contribution in [0, 0.1) is 0 Å². The first-order valence-electron chi connectivity index (χ1n) is 46.0. The highest BCUT2D eigenvalue weighted by Crippen LogP contribution is 2.46. The Morgan fingerprint density at radius 1 is 0.119 bits per heavy atom. The summed E-state index contributed by atoms with van der Waals surface area (Å²) in [4.78, 5) is 4.68. The van der Waals surface area contributed by atoms with Crippen LogP contribution in [0.3, 0.4) is 0 Å². The van der Waals surface area contributed by atoms with Crippen molar-refractivity contribution in [3.8, 4) is 89.5 Å². The number of fused-ring (bicyclic) bond motifs is 14. The van der Waals surface area contributed by atoms with Crippen LogP contribution in [0.15, 0.2) is 522 Å². The number of nitrogens with zero attached hydrogens (tertiary/aromatic N) is 6. The van der Waals surface area contributed by atoms with Gasteiger partial charge in [0.25, 0.3) is 0 Å². The third kappa shape index (κ3) is 14.0. The minimum Gasteiger partial charge on any atom is -0.311 e. The van der Waals surface area contributed by atoms with Gasteiger partial charge in [-0.3, -0.25) is 0 Å². The molecule has 134 heavy (non-hydrogen) atoms. The van der Waals surface area contributed by atoms with Crippen molar-refractivity contribution in [2.45, 2.75) is 0 Å². The van der Waals surface area contributed by atoms with E-state index in [2.05, 4.69) is 550 Å². The molecule has 0 aliphatic rings. The van der Waals surface area contributed by atoms with Gasteiger partial charge >= 0.3 is 0 Å². The van der Waals surface area contributed by atoms with Crippen LogP contribution >= 0.6 is 0 Å². The molecule has 0 aliphatic carbocycles. The summed E-state index contributed by atoms with van der Waals surface area (Å²) in [7, 11) is 0. The Bertz CT molecular complexity index is 8910. The van der Waals surface area contributed by atoms with Gasteiger partial charge < -0.3 is 28.1 Å². The van der Waals surface area contributed by atoms with E-state index in [-0.39, 0.29) is 0 Å². The van der Waals surface area contributed by atoms with Crippen molar-refractivity contribution in [2.24, 2.45) is 0 Å². The molecule has 0 aliphatic heterocycles. The van der Waals surface area contributed by atoms with Gasteiger partial charge in [0.05, 0.1) is 44.1 Å². The first-order chi connectivity index (χ1) is 66.4. The van der Waals surface area contributed by atoms with E-state index in [1.807, 2.05) is 0 Å². The van der Waals surface area contributed by atoms with Crippen molar-refractivity contribution in [2.75, 3.05) is 9.80 Å². The van der Waals surface area contributed by atoms with Gasteiger partial charge in [-0.05, 0) is 288 Å². The van der Waals surface area contributed by atoms with Crippen LogP contribution in [0.5, 0.6) is 0 Å². The largest absolute Gasteiger partial charge is 0.311 e. The second-order valence-electron chi connectivity index (χ2n) is 34.7. The lowest BCUT2D eigenvalue weighted by molar-refractivity contribution is 1.17. The quantitative estimate of drug-likeness (QED) is 0.0964. The van der Waals surface area contributed by atoms with Gasteiger partial charge in [-0.25, -0.2) is 0 Å². The molecular formula is C128H86N6. The predicted molar refractivity (Wildman–Crippen MR) is 567 cm³/mol. The lowest BCUT2D eigenvalue weighted by Gasteiger charge is -2.26. The van der Waals surface area contributed by atoms with E-state index < -0.39 is 0 Å². The Kier molecular flexibility index (Phi) is 19.5. The topological polar surface area (TPSA) is 26.2 Å². The molecule has 0 unspecified atom stereocenters. The Morgan fingerprint density at radius 3 is 0.709 bits per heavy atom. The van der Waals surface area contributed by atoms with E-state index in [4.69, 9.17) is 0 Å². The van der Waals surface area contributed by atoms with Crippen LogP contribution in [0.25, 0.3) is 198 Å². The number of anilines is 6. The first kappa shape index (κ1) is 78.4. The van der Waals surface area contributed by atoms with Gasteiger partial charge in [0.15, 0.2) is 0 Å². The lowest BCUT2D eigenvalue weighted by atomic mass is 9.96. The number of benzene rings is 22. The average molecular weight is 1710 g/mol. The zero-order valence-electron chi connectivity index (χ0n) is 73.3. The second-order valence-corrected chi connectivity index (χ2v) is 34.7. The average Bonchev–Trinajstić information content (AvgIpc) is 1.59. The highest BCUT2D eigenvalue weighted by Gasteiger charge is 2.23. The summed E-state index contributed by atoms with van der Waals surface area (Å²) in [5, 5.41) is 15.0. The zero-order valence-corrected chi connectivity index (χ0v) is 73.3. The maximum Gasteiger partial charge on any atom is 0.0541 e. The molecule has 6 nitrogen and oxygen atoms in total. The number of aromatic nitrogens is 4. The smallest absolute Gasteiger partial charge is 0.0541 e. The van der Waals surface area contributed by atoms with Crippen LogP contribution in [-0.2, 0) is 0 Å². The molecule has 0 N–H and O–H groups in total. The van der Waals surface area contributed by atoms with Gasteiger partial charge in [0.1, 0.15) is 0 Å². The molecule has 4 heterocycles. The molecule has 0 radical (unpaired) electrons. The third-order valence-electron chi connectivity index (χ3n) is 27.0. The molecule has 628 valence electrons. The zero-order chi connectivity index (χ0) is 88.5. The summed E-state index contributed by atoms with van der Waals surface area (Å²) in [5.41, 5.74) is 35.2. The molecule has 0 bridgehead atoms. The maximum absolute atomic E-state index is 2.40. The van der Waals surface area contributed by atoms with Gasteiger partial charge in [-0.2, -0.15) is 0 Å². The SMILES string of the molecule is c1ccc(N(c2ccc(-c3ccc4c(c3)c3ccccc3n4-c3ccccc3)cc2)c2ccc(-n3c4ccccc4c4cc(-c5ccc(-c6ccc7ccccc7c6)cc5)ccc43)cc2)cc1.c1ccc(N(c2ccc(-c3ccc4c(c3)c3ccccc3n4-c3ccccc3)cc2)c2ccc(-n3c4ccccc4c4cc(-c5ccc(-c6cccc7ccccc67)cc5)ccc43)cc2)cc1. The Labute approximate surface area is 776 Å². The fourth-order valence-corrected chi connectivity index (χ4v) is 20.6. The van der Waals surface area contributed by atoms with Gasteiger partial charge in [-0.1, -0.05) is 322 Å². The van der Waals surface area contributed by atoms with Crippen LogP contribution in [0.4, 0.5) is 34.1 Å². The van der Waals surface area contributed by atoms with Crippen LogP contribution in [0.1, 0.15) is 0 Å². The summed E-state index contributed by atoms with van der Waals surface area (Å²) in [6.07, 6.45) is 0. The standard InChI is InChI=1S/2C64H43N3/c1-3-16-50(17-4-1)65(52-34-30-45(31-35-52)49-33-40-63-59(43-49)57-21-9-11-24-61(57)66(63)51-18-5-2-6-19-51)53-36-38-54(39-37-53)67-62-25-12-10-22-58(62)60-42-48(32-41-64(60)67)44-26-28-47(29-27-44)56-23-13-15-46-14-7-8-20-55(46)56;1-3-15-52(16-4-1)65(54-33-29-47(30-34-54)51-32-39-63-59(43-51)57-19-9-11-21-61(57)66(63)53-17-5-2-6-18-53)55-35-37-56(38-36-55)67-62-22-12-10-20-58(62)60-42-50(31-40-64(60)67)46-25-23-45(24-26-46)49-28-27-44-13-7-8-14-48(44)41-49/h2*1-43H. The molecule has 0 spiro atoms. The minimum atomic E-state index is 1.09. The van der Waals surface area contributed by atoms with Crippen molar-refractivity contribution in [1.29, 1.82) is 0 Å². The van der Waals surface area contributed by atoms with Crippen molar-refractivity contribution < 1.29 is 0 Å². The summed E-state index contributed by atoms with van der Waals surface area (Å²) >= 11 is 0. The molecule has 0 saturated carbocycles. The highest BCUT2D eigenvalue weighted by molar-refractivity contribution is 6.15. The van der Waals surface area contributed by atoms with E-state index in [0.717, 1.165) is 45.5 Å². The van der Waals surface area contributed by atoms with Crippen molar-refractivity contribution in [3.63, 3.8) is 0 Å². The van der Waals surface area contributed by atoms with E-state index in [1.165, 1.54) is 187 Å². The molecule has 6 heteroatoms. The highest BCUT2D eigenvalue weighted by atomic mass is 15.2. The fourth-order valence-electron chi connectivity index (χ4n) is 20.6. The molecular weight excluding hydrogens is 1620 g/mol. The number of hydrogen-bond acceptors (Lipinski definition) is 2. The monoisotopic (exact) mass is 1710 g/mol. The number of hydrogen-bond donors (Lipinski definition) is 0. The molecule has 0 atom stereocenters. The van der Waals surface area contributed by atoms with E-state index in [1.54, 1.807) is 0 Å². The van der Waals surface area contributed by atoms with Gasteiger partial charge in [0.2, 0.25) is 0 Å². The Hall–Kier alpha value is -17.8.